The van der Waals surface area contributed by atoms with Crippen LogP contribution < -0.4 is 0 Å². The van der Waals surface area contributed by atoms with Crippen molar-refractivity contribution in [3.63, 3.8) is 0 Å². The predicted molar refractivity (Wildman–Crippen MR) is 116 cm³/mol. The molecule has 152 valence electrons. The van der Waals surface area contributed by atoms with Crippen molar-refractivity contribution < 1.29 is 19.2 Å². The van der Waals surface area contributed by atoms with Crippen molar-refractivity contribution in [3.05, 3.63) is 77.5 Å². The van der Waals surface area contributed by atoms with Crippen LogP contribution in [-0.2, 0) is 11.3 Å². The van der Waals surface area contributed by atoms with E-state index in [9.17, 15) is 10.1 Å². The third-order valence-electron chi connectivity index (χ3n) is 5.10. The SMILES string of the molecule is C=C(C1=CCB(O)OC1CC/C(=C/c1ccc(CO)o1)c1ccccn1)C(C)C. The summed E-state index contributed by atoms with van der Waals surface area (Å²) >= 11 is 0. The van der Waals surface area contributed by atoms with Crippen molar-refractivity contribution >= 4 is 18.8 Å². The molecule has 6 heteroatoms. The molecule has 29 heavy (non-hydrogen) atoms. The van der Waals surface area contributed by atoms with E-state index in [1.165, 1.54) is 0 Å². The Morgan fingerprint density at radius 3 is 2.83 bits per heavy atom. The largest absolute Gasteiger partial charge is 0.459 e. The van der Waals surface area contributed by atoms with Crippen LogP contribution in [0.3, 0.4) is 0 Å². The normalized spacial score (nSPS) is 17.6. The summed E-state index contributed by atoms with van der Waals surface area (Å²) < 4.78 is 11.5. The van der Waals surface area contributed by atoms with Crippen LogP contribution in [0.25, 0.3) is 11.6 Å². The third-order valence-corrected chi connectivity index (χ3v) is 5.10. The number of rotatable bonds is 8. The van der Waals surface area contributed by atoms with E-state index < -0.39 is 7.12 Å². The monoisotopic (exact) mass is 393 g/mol. The summed E-state index contributed by atoms with van der Waals surface area (Å²) in [5.41, 5.74) is 3.98. The molecule has 0 bridgehead atoms. The van der Waals surface area contributed by atoms with Gasteiger partial charge in [-0.2, -0.15) is 0 Å². The summed E-state index contributed by atoms with van der Waals surface area (Å²) in [5, 5.41) is 19.2. The van der Waals surface area contributed by atoms with Gasteiger partial charge in [0.15, 0.2) is 0 Å². The number of nitrogens with zero attached hydrogens (tertiary/aromatic N) is 1. The fourth-order valence-electron chi connectivity index (χ4n) is 3.41. The summed E-state index contributed by atoms with van der Waals surface area (Å²) in [5.74, 6) is 1.50. The molecule has 1 aliphatic rings. The highest BCUT2D eigenvalue weighted by Gasteiger charge is 2.29. The number of pyridine rings is 1. The Balaban J connectivity index is 1.83. The Labute approximate surface area is 172 Å². The zero-order chi connectivity index (χ0) is 20.8. The Hall–Kier alpha value is -2.41. The van der Waals surface area contributed by atoms with E-state index in [-0.39, 0.29) is 12.7 Å². The number of aliphatic hydroxyl groups excluding tert-OH is 1. The van der Waals surface area contributed by atoms with Gasteiger partial charge in [0.1, 0.15) is 18.1 Å². The van der Waals surface area contributed by atoms with Gasteiger partial charge < -0.3 is 19.2 Å². The number of aromatic nitrogens is 1. The van der Waals surface area contributed by atoms with Gasteiger partial charge in [-0.05, 0) is 65.8 Å². The van der Waals surface area contributed by atoms with Crippen molar-refractivity contribution in [2.24, 2.45) is 5.92 Å². The summed E-state index contributed by atoms with van der Waals surface area (Å²) in [6.07, 6.45) is 7.39. The summed E-state index contributed by atoms with van der Waals surface area (Å²) in [7, 11) is -0.789. The van der Waals surface area contributed by atoms with E-state index in [0.29, 0.717) is 36.6 Å². The van der Waals surface area contributed by atoms with Gasteiger partial charge in [-0.25, -0.2) is 0 Å². The molecule has 1 aliphatic heterocycles. The first-order chi connectivity index (χ1) is 14.0. The van der Waals surface area contributed by atoms with Crippen molar-refractivity contribution in [2.45, 2.75) is 45.7 Å². The van der Waals surface area contributed by atoms with E-state index in [2.05, 4.69) is 25.4 Å². The van der Waals surface area contributed by atoms with E-state index in [4.69, 9.17) is 9.07 Å². The standard InChI is InChI=1S/C23H28BNO4/c1-16(2)17(3)21-11-12-24(27)29-23(21)10-7-18(22-6-4-5-13-25-22)14-19-8-9-20(15-26)28-19/h4-6,8-9,11,13-14,16,23,26-27H,3,7,10,12,15H2,1-2H3/b18-14-. The average Bonchev–Trinajstić information content (AvgIpc) is 3.19. The predicted octanol–water partition coefficient (Wildman–Crippen LogP) is 4.51. The molecule has 0 amide bonds. The molecular weight excluding hydrogens is 365 g/mol. The molecule has 2 aromatic rings. The quantitative estimate of drug-likeness (QED) is 0.646. The first-order valence-corrected chi connectivity index (χ1v) is 10.0. The number of allylic oxidation sites excluding steroid dienone is 2. The maximum atomic E-state index is 10.0. The fourth-order valence-corrected chi connectivity index (χ4v) is 3.41. The lowest BCUT2D eigenvalue weighted by Crippen LogP contribution is -2.32. The Morgan fingerprint density at radius 2 is 2.17 bits per heavy atom. The van der Waals surface area contributed by atoms with Gasteiger partial charge in [0.25, 0.3) is 0 Å². The van der Waals surface area contributed by atoms with Crippen LogP contribution in [0.5, 0.6) is 0 Å². The highest BCUT2D eigenvalue weighted by Crippen LogP contribution is 2.32. The molecule has 3 rings (SSSR count). The van der Waals surface area contributed by atoms with Gasteiger partial charge in [-0.15, -0.1) is 0 Å². The van der Waals surface area contributed by atoms with Crippen molar-refractivity contribution in [3.8, 4) is 0 Å². The lowest BCUT2D eigenvalue weighted by atomic mass is 9.76. The molecule has 1 atom stereocenters. The minimum absolute atomic E-state index is 0.133. The third kappa shape index (κ3) is 5.57. The number of hydrogen-bond donors (Lipinski definition) is 2. The molecule has 5 nitrogen and oxygen atoms in total. The second-order valence-corrected chi connectivity index (χ2v) is 7.54. The van der Waals surface area contributed by atoms with Crippen LogP contribution in [0.15, 0.2) is 64.7 Å². The topological polar surface area (TPSA) is 75.7 Å². The van der Waals surface area contributed by atoms with Crippen LogP contribution in [0.4, 0.5) is 0 Å². The zero-order valence-electron chi connectivity index (χ0n) is 17.0. The minimum Gasteiger partial charge on any atom is -0.459 e. The van der Waals surface area contributed by atoms with Gasteiger partial charge in [-0.3, -0.25) is 4.98 Å². The second-order valence-electron chi connectivity index (χ2n) is 7.54. The Bertz CT molecular complexity index is 885. The molecule has 0 spiro atoms. The molecule has 0 fully saturated rings. The highest BCUT2D eigenvalue weighted by molar-refractivity contribution is 6.43. The van der Waals surface area contributed by atoms with Crippen molar-refractivity contribution in [1.82, 2.24) is 4.98 Å². The molecule has 0 aromatic carbocycles. The van der Waals surface area contributed by atoms with Crippen molar-refractivity contribution in [1.29, 1.82) is 0 Å². The van der Waals surface area contributed by atoms with E-state index in [1.54, 1.807) is 12.3 Å². The van der Waals surface area contributed by atoms with E-state index in [0.717, 1.165) is 22.4 Å². The van der Waals surface area contributed by atoms with Gasteiger partial charge in [0.2, 0.25) is 0 Å². The van der Waals surface area contributed by atoms with Gasteiger partial charge in [0.05, 0.1) is 11.8 Å². The summed E-state index contributed by atoms with van der Waals surface area (Å²) in [6, 6.07) is 9.38. The molecule has 1 unspecified atom stereocenters. The number of furan rings is 1. The number of aliphatic hydroxyl groups is 1. The maximum Gasteiger partial charge on any atom is 0.458 e. The molecule has 0 saturated heterocycles. The zero-order valence-corrected chi connectivity index (χ0v) is 17.0. The van der Waals surface area contributed by atoms with Crippen LogP contribution in [-0.4, -0.2) is 28.3 Å². The molecule has 2 N–H and O–H groups in total. The lowest BCUT2D eigenvalue weighted by molar-refractivity contribution is 0.183. The highest BCUT2D eigenvalue weighted by atomic mass is 16.5. The average molecular weight is 393 g/mol. The first kappa shape index (κ1) is 21.3. The smallest absolute Gasteiger partial charge is 0.458 e. The minimum atomic E-state index is -0.789. The second kappa shape index (κ2) is 9.88. The summed E-state index contributed by atoms with van der Waals surface area (Å²) in [6.45, 7) is 8.31. The van der Waals surface area contributed by atoms with E-state index >= 15 is 0 Å². The van der Waals surface area contributed by atoms with E-state index in [1.807, 2.05) is 36.4 Å². The van der Waals surface area contributed by atoms with Crippen LogP contribution in [0, 0.1) is 5.92 Å². The molecular formula is C23H28BNO4. The van der Waals surface area contributed by atoms with Crippen LogP contribution in [0.2, 0.25) is 6.32 Å². The maximum absolute atomic E-state index is 10.0. The molecule has 0 aliphatic carbocycles. The Kier molecular flexibility index (Phi) is 7.26. The summed E-state index contributed by atoms with van der Waals surface area (Å²) in [4.78, 5) is 4.48. The lowest BCUT2D eigenvalue weighted by Gasteiger charge is -2.29. The van der Waals surface area contributed by atoms with Crippen molar-refractivity contribution in [2.75, 3.05) is 0 Å². The molecule has 0 radical (unpaired) electrons. The van der Waals surface area contributed by atoms with Crippen LogP contribution >= 0.6 is 0 Å². The van der Waals surface area contributed by atoms with Crippen LogP contribution in [0.1, 0.15) is 43.9 Å². The van der Waals surface area contributed by atoms with Gasteiger partial charge in [-0.1, -0.05) is 32.6 Å². The van der Waals surface area contributed by atoms with Gasteiger partial charge >= 0.3 is 7.12 Å². The molecule has 2 aromatic heterocycles. The first-order valence-electron chi connectivity index (χ1n) is 10.0. The molecule has 3 heterocycles. The fraction of sp³-hybridized carbons (Fsp3) is 0.348. The molecule has 0 saturated carbocycles. The van der Waals surface area contributed by atoms with Gasteiger partial charge in [0, 0.05) is 12.5 Å². The number of hydrogen-bond acceptors (Lipinski definition) is 5. The Morgan fingerprint density at radius 1 is 1.34 bits per heavy atom.